The summed E-state index contributed by atoms with van der Waals surface area (Å²) in [5.74, 6) is 0.863. The number of halogens is 2. The van der Waals surface area contributed by atoms with Crippen LogP contribution < -0.4 is 5.32 Å². The lowest BCUT2D eigenvalue weighted by molar-refractivity contribution is 0.236. The maximum atomic E-state index is 5.93. The number of hydrogen-bond acceptors (Lipinski definition) is 3. The summed E-state index contributed by atoms with van der Waals surface area (Å²) in [7, 11) is 2.20. The lowest BCUT2D eigenvalue weighted by atomic mass is 9.98. The van der Waals surface area contributed by atoms with Crippen molar-refractivity contribution in [2.24, 2.45) is 5.92 Å². The Morgan fingerprint density at radius 3 is 2.71 bits per heavy atom. The third kappa shape index (κ3) is 5.14. The van der Waals surface area contributed by atoms with E-state index in [1.165, 1.54) is 37.4 Å². The molecule has 1 N–H and O–H groups in total. The number of piperidine rings is 1. The van der Waals surface area contributed by atoms with Gasteiger partial charge in [0.15, 0.2) is 0 Å². The highest BCUT2D eigenvalue weighted by molar-refractivity contribution is 7.16. The average Bonchev–Trinajstić information content (AvgIpc) is 2.65. The lowest BCUT2D eigenvalue weighted by Crippen LogP contribution is -2.34. The summed E-state index contributed by atoms with van der Waals surface area (Å²) in [6, 6.07) is 4.12. The summed E-state index contributed by atoms with van der Waals surface area (Å²) in [4.78, 5) is 3.78. The molecular formula is C12H20Cl2N2S. The fraction of sp³-hybridized carbons (Fsp3) is 0.667. The summed E-state index contributed by atoms with van der Waals surface area (Å²) in [5, 5.41) is 3.41. The molecule has 0 amide bonds. The summed E-state index contributed by atoms with van der Waals surface area (Å²) < 4.78 is 0.894. The predicted molar refractivity (Wildman–Crippen MR) is 78.5 cm³/mol. The first-order valence-corrected chi connectivity index (χ1v) is 7.07. The highest BCUT2D eigenvalue weighted by Gasteiger charge is 2.15. The average molecular weight is 295 g/mol. The van der Waals surface area contributed by atoms with Crippen LogP contribution in [0.5, 0.6) is 0 Å². The SMILES string of the molecule is CN(Cc1ccc(Cl)s1)CC1CCNCC1.Cl. The van der Waals surface area contributed by atoms with Crippen LogP contribution in [0.2, 0.25) is 4.34 Å². The molecule has 2 rings (SSSR count). The Bertz CT molecular complexity index is 324. The minimum atomic E-state index is 0. The molecule has 0 aliphatic carbocycles. The molecule has 1 aliphatic rings. The smallest absolute Gasteiger partial charge is 0.0931 e. The van der Waals surface area contributed by atoms with Gasteiger partial charge < -0.3 is 10.2 Å². The van der Waals surface area contributed by atoms with Crippen molar-refractivity contribution in [2.75, 3.05) is 26.7 Å². The van der Waals surface area contributed by atoms with Crippen LogP contribution in [0.4, 0.5) is 0 Å². The molecule has 0 radical (unpaired) electrons. The molecule has 2 nitrogen and oxygen atoms in total. The van der Waals surface area contributed by atoms with Gasteiger partial charge in [-0.15, -0.1) is 23.7 Å². The van der Waals surface area contributed by atoms with Gasteiger partial charge in [-0.3, -0.25) is 0 Å². The molecule has 2 heterocycles. The van der Waals surface area contributed by atoms with E-state index in [-0.39, 0.29) is 12.4 Å². The standard InChI is InChI=1S/C12H19ClN2S.ClH/c1-15(8-10-4-6-14-7-5-10)9-11-2-3-12(13)16-11;/h2-3,10,14H,4-9H2,1H3;1H. The first kappa shape index (κ1) is 15.3. The van der Waals surface area contributed by atoms with Crippen LogP contribution in [-0.4, -0.2) is 31.6 Å². The van der Waals surface area contributed by atoms with E-state index in [4.69, 9.17) is 11.6 Å². The van der Waals surface area contributed by atoms with Crippen LogP contribution in [-0.2, 0) is 6.54 Å². The Hall–Kier alpha value is 0.200. The number of nitrogens with zero attached hydrogens (tertiary/aromatic N) is 1. The van der Waals surface area contributed by atoms with Crippen molar-refractivity contribution in [3.63, 3.8) is 0 Å². The number of nitrogens with one attached hydrogen (secondary N) is 1. The molecule has 0 saturated carbocycles. The third-order valence-electron chi connectivity index (χ3n) is 3.08. The highest BCUT2D eigenvalue weighted by Crippen LogP contribution is 2.23. The van der Waals surface area contributed by atoms with E-state index in [1.807, 2.05) is 6.07 Å². The molecule has 0 aromatic carbocycles. The molecule has 0 unspecified atom stereocenters. The Morgan fingerprint density at radius 1 is 1.41 bits per heavy atom. The van der Waals surface area contributed by atoms with Gasteiger partial charge in [0.05, 0.1) is 4.34 Å². The summed E-state index contributed by atoms with van der Waals surface area (Å²) >= 11 is 7.62. The van der Waals surface area contributed by atoms with Crippen LogP contribution in [0.15, 0.2) is 12.1 Å². The zero-order valence-electron chi connectivity index (χ0n) is 10.1. The van der Waals surface area contributed by atoms with Crippen molar-refractivity contribution in [2.45, 2.75) is 19.4 Å². The molecular weight excluding hydrogens is 275 g/mol. The van der Waals surface area contributed by atoms with Gasteiger partial charge in [-0.25, -0.2) is 0 Å². The summed E-state index contributed by atoms with van der Waals surface area (Å²) in [6.45, 7) is 4.60. The normalized spacial score (nSPS) is 17.1. The van der Waals surface area contributed by atoms with E-state index >= 15 is 0 Å². The van der Waals surface area contributed by atoms with E-state index in [1.54, 1.807) is 11.3 Å². The van der Waals surface area contributed by atoms with Gasteiger partial charge in [0, 0.05) is 18.0 Å². The topological polar surface area (TPSA) is 15.3 Å². The lowest BCUT2D eigenvalue weighted by Gasteiger charge is -2.27. The van der Waals surface area contributed by atoms with Crippen molar-refractivity contribution in [3.8, 4) is 0 Å². The van der Waals surface area contributed by atoms with Crippen molar-refractivity contribution < 1.29 is 0 Å². The van der Waals surface area contributed by atoms with E-state index in [0.29, 0.717) is 0 Å². The third-order valence-corrected chi connectivity index (χ3v) is 4.30. The first-order chi connectivity index (χ1) is 7.74. The fourth-order valence-corrected chi connectivity index (χ4v) is 3.44. The molecule has 1 fully saturated rings. The molecule has 0 bridgehead atoms. The van der Waals surface area contributed by atoms with Gasteiger partial charge in [-0.2, -0.15) is 0 Å². The maximum absolute atomic E-state index is 5.93. The van der Waals surface area contributed by atoms with Crippen molar-refractivity contribution in [1.82, 2.24) is 10.2 Å². The van der Waals surface area contributed by atoms with E-state index in [9.17, 15) is 0 Å². The Balaban J connectivity index is 0.00000144. The molecule has 1 aliphatic heterocycles. The molecule has 0 atom stereocenters. The summed E-state index contributed by atoms with van der Waals surface area (Å²) in [5.41, 5.74) is 0. The molecule has 17 heavy (non-hydrogen) atoms. The van der Waals surface area contributed by atoms with Gasteiger partial charge >= 0.3 is 0 Å². The zero-order valence-corrected chi connectivity index (χ0v) is 12.5. The number of thiophene rings is 1. The maximum Gasteiger partial charge on any atom is 0.0931 e. The molecule has 98 valence electrons. The van der Waals surface area contributed by atoms with Crippen LogP contribution >= 0.6 is 35.3 Å². The van der Waals surface area contributed by atoms with E-state index in [2.05, 4.69) is 23.3 Å². The van der Waals surface area contributed by atoms with Crippen molar-refractivity contribution >= 4 is 35.3 Å². The summed E-state index contributed by atoms with van der Waals surface area (Å²) in [6.07, 6.45) is 2.63. The second-order valence-electron chi connectivity index (χ2n) is 4.60. The second-order valence-corrected chi connectivity index (χ2v) is 6.40. The van der Waals surface area contributed by atoms with Gasteiger partial charge in [0.25, 0.3) is 0 Å². The monoisotopic (exact) mass is 294 g/mol. The van der Waals surface area contributed by atoms with Crippen molar-refractivity contribution in [3.05, 3.63) is 21.3 Å². The molecule has 1 aromatic heterocycles. The fourth-order valence-electron chi connectivity index (χ4n) is 2.27. The van der Waals surface area contributed by atoms with E-state index in [0.717, 1.165) is 16.8 Å². The second kappa shape index (κ2) is 7.59. The van der Waals surface area contributed by atoms with Crippen molar-refractivity contribution in [1.29, 1.82) is 0 Å². The molecule has 5 heteroatoms. The van der Waals surface area contributed by atoms with Gasteiger partial charge in [0.2, 0.25) is 0 Å². The van der Waals surface area contributed by atoms with Gasteiger partial charge in [-0.05, 0) is 51.0 Å². The van der Waals surface area contributed by atoms with Crippen LogP contribution in [0.25, 0.3) is 0 Å². The Labute approximate surface area is 119 Å². The van der Waals surface area contributed by atoms with Crippen LogP contribution in [0.3, 0.4) is 0 Å². The predicted octanol–water partition coefficient (Wildman–Crippen LogP) is 3.25. The zero-order chi connectivity index (χ0) is 11.4. The highest BCUT2D eigenvalue weighted by atomic mass is 35.5. The van der Waals surface area contributed by atoms with Gasteiger partial charge in [-0.1, -0.05) is 11.6 Å². The van der Waals surface area contributed by atoms with Gasteiger partial charge in [0.1, 0.15) is 0 Å². The molecule has 1 saturated heterocycles. The number of rotatable bonds is 4. The first-order valence-electron chi connectivity index (χ1n) is 5.87. The Kier molecular flexibility index (Phi) is 6.82. The number of hydrogen-bond donors (Lipinski definition) is 1. The Morgan fingerprint density at radius 2 is 2.12 bits per heavy atom. The largest absolute Gasteiger partial charge is 0.317 e. The van der Waals surface area contributed by atoms with Crippen LogP contribution in [0, 0.1) is 5.92 Å². The molecule has 1 aromatic rings. The minimum Gasteiger partial charge on any atom is -0.317 e. The van der Waals surface area contributed by atoms with E-state index < -0.39 is 0 Å². The quantitative estimate of drug-likeness (QED) is 0.917. The molecule has 0 spiro atoms. The van der Waals surface area contributed by atoms with Crippen LogP contribution in [0.1, 0.15) is 17.7 Å². The minimum absolute atomic E-state index is 0.